The zero-order valence-corrected chi connectivity index (χ0v) is 6.82. The van der Waals surface area contributed by atoms with Gasteiger partial charge in [0.25, 0.3) is 0 Å². The highest BCUT2D eigenvalue weighted by Crippen LogP contribution is 2.07. The van der Waals surface area contributed by atoms with Gasteiger partial charge in [-0.2, -0.15) is 0 Å². The topological polar surface area (TPSA) is 61.8 Å². The highest BCUT2D eigenvalue weighted by atomic mass is 16.8. The van der Waals surface area contributed by atoms with Crippen LogP contribution in [0.5, 0.6) is 0 Å². The average Bonchev–Trinajstić information content (AvgIpc) is 2.52. The van der Waals surface area contributed by atoms with E-state index in [0.29, 0.717) is 6.42 Å². The molecule has 5 heteroatoms. The van der Waals surface area contributed by atoms with Crippen LogP contribution in [-0.2, 0) is 19.0 Å². The van der Waals surface area contributed by atoms with E-state index in [1.807, 2.05) is 0 Å². The molecule has 1 unspecified atom stereocenters. The lowest BCUT2D eigenvalue weighted by Gasteiger charge is -2.05. The molecule has 0 radical (unpaired) electrons. The zero-order valence-electron chi connectivity index (χ0n) is 6.82. The van der Waals surface area contributed by atoms with Crippen molar-refractivity contribution in [3.63, 3.8) is 0 Å². The third-order valence-electron chi connectivity index (χ3n) is 1.34. The summed E-state index contributed by atoms with van der Waals surface area (Å²) in [5.41, 5.74) is 0. The summed E-state index contributed by atoms with van der Waals surface area (Å²) in [5, 5.41) is 0. The van der Waals surface area contributed by atoms with E-state index >= 15 is 0 Å². The lowest BCUT2D eigenvalue weighted by atomic mass is 10.4. The molecule has 70 valence electrons. The summed E-state index contributed by atoms with van der Waals surface area (Å²) in [7, 11) is 0. The number of esters is 1. The SMILES string of the molecule is C#CCCOC(=O)C1COC(=O)O1. The lowest BCUT2D eigenvalue weighted by molar-refractivity contribution is -0.151. The number of cyclic esters (lactones) is 2. The number of ether oxygens (including phenoxy) is 3. The van der Waals surface area contributed by atoms with Crippen molar-refractivity contribution in [2.45, 2.75) is 12.5 Å². The van der Waals surface area contributed by atoms with Gasteiger partial charge < -0.3 is 14.2 Å². The van der Waals surface area contributed by atoms with Crippen LogP contribution in [0.4, 0.5) is 4.79 Å². The monoisotopic (exact) mass is 184 g/mol. The average molecular weight is 184 g/mol. The number of terminal acetylenes is 1. The van der Waals surface area contributed by atoms with Gasteiger partial charge in [0, 0.05) is 6.42 Å². The van der Waals surface area contributed by atoms with Crippen molar-refractivity contribution < 1.29 is 23.8 Å². The largest absolute Gasteiger partial charge is 0.509 e. The molecule has 1 aliphatic heterocycles. The number of rotatable bonds is 3. The first-order chi connectivity index (χ1) is 6.24. The predicted molar refractivity (Wildman–Crippen MR) is 40.6 cm³/mol. The predicted octanol–water partition coefficient (Wildman–Crippen LogP) is 0.0883. The first-order valence-electron chi connectivity index (χ1n) is 3.67. The highest BCUT2D eigenvalue weighted by molar-refractivity contribution is 5.79. The molecule has 0 saturated carbocycles. The van der Waals surface area contributed by atoms with Crippen LogP contribution in [0.2, 0.25) is 0 Å². The van der Waals surface area contributed by atoms with E-state index in [-0.39, 0.29) is 13.2 Å². The van der Waals surface area contributed by atoms with Crippen molar-refractivity contribution in [3.8, 4) is 12.3 Å². The van der Waals surface area contributed by atoms with Crippen LogP contribution in [0.3, 0.4) is 0 Å². The van der Waals surface area contributed by atoms with E-state index in [1.54, 1.807) is 0 Å². The summed E-state index contributed by atoms with van der Waals surface area (Å²) < 4.78 is 13.5. The van der Waals surface area contributed by atoms with Gasteiger partial charge in [-0.25, -0.2) is 9.59 Å². The molecule has 5 nitrogen and oxygen atoms in total. The smallest absolute Gasteiger partial charge is 0.462 e. The van der Waals surface area contributed by atoms with Gasteiger partial charge in [0.15, 0.2) is 0 Å². The summed E-state index contributed by atoms with van der Waals surface area (Å²) in [5.74, 6) is 1.68. The second-order valence-corrected chi connectivity index (χ2v) is 2.29. The highest BCUT2D eigenvalue weighted by Gasteiger charge is 2.32. The van der Waals surface area contributed by atoms with Gasteiger partial charge >= 0.3 is 12.1 Å². The molecule has 1 fully saturated rings. The molecule has 1 saturated heterocycles. The van der Waals surface area contributed by atoms with Crippen LogP contribution in [0.15, 0.2) is 0 Å². The molecule has 0 aromatic rings. The minimum absolute atomic E-state index is 0.0896. The molecule has 1 atom stereocenters. The van der Waals surface area contributed by atoms with Crippen molar-refractivity contribution in [1.29, 1.82) is 0 Å². The van der Waals surface area contributed by atoms with E-state index in [9.17, 15) is 9.59 Å². The first-order valence-corrected chi connectivity index (χ1v) is 3.67. The van der Waals surface area contributed by atoms with Crippen LogP contribution < -0.4 is 0 Å². The Labute approximate surface area is 75.0 Å². The van der Waals surface area contributed by atoms with Gasteiger partial charge in [0.1, 0.15) is 13.2 Å². The normalized spacial score (nSPS) is 19.9. The van der Waals surface area contributed by atoms with Gasteiger partial charge in [-0.05, 0) is 0 Å². The fraction of sp³-hybridized carbons (Fsp3) is 0.500. The molecule has 0 aromatic heterocycles. The molecule has 0 aromatic carbocycles. The minimum atomic E-state index is -0.940. The summed E-state index contributed by atoms with van der Waals surface area (Å²) in [6, 6.07) is 0. The number of carbonyl (C=O) groups excluding carboxylic acids is 2. The number of hydrogen-bond acceptors (Lipinski definition) is 5. The van der Waals surface area contributed by atoms with Crippen molar-refractivity contribution in [2.24, 2.45) is 0 Å². The van der Waals surface area contributed by atoms with E-state index in [2.05, 4.69) is 20.1 Å². The Morgan fingerprint density at radius 3 is 3.08 bits per heavy atom. The molecule has 1 aliphatic rings. The summed E-state index contributed by atoms with van der Waals surface area (Å²) >= 11 is 0. The molecule has 0 spiro atoms. The van der Waals surface area contributed by atoms with Gasteiger partial charge in [-0.1, -0.05) is 0 Å². The molecule has 0 bridgehead atoms. The minimum Gasteiger partial charge on any atom is -0.462 e. The molecular formula is C8H8O5. The summed E-state index contributed by atoms with van der Waals surface area (Å²) in [6.45, 7) is 0.0388. The Kier molecular flexibility index (Phi) is 3.15. The Hall–Kier alpha value is -1.70. The zero-order chi connectivity index (χ0) is 9.68. The maximum Gasteiger partial charge on any atom is 0.509 e. The Morgan fingerprint density at radius 1 is 1.77 bits per heavy atom. The van der Waals surface area contributed by atoms with E-state index in [4.69, 9.17) is 6.42 Å². The standard InChI is InChI=1S/C8H8O5/c1-2-3-4-11-7(9)6-5-12-8(10)13-6/h1,6H,3-5H2. The van der Waals surface area contributed by atoms with Crippen LogP contribution >= 0.6 is 0 Å². The molecule has 1 rings (SSSR count). The number of carbonyl (C=O) groups is 2. The lowest BCUT2D eigenvalue weighted by Crippen LogP contribution is -2.25. The summed E-state index contributed by atoms with van der Waals surface area (Å²) in [4.78, 5) is 21.4. The van der Waals surface area contributed by atoms with E-state index in [1.165, 1.54) is 0 Å². The Bertz CT molecular complexity index is 252. The molecular weight excluding hydrogens is 176 g/mol. The molecule has 0 amide bonds. The van der Waals surface area contributed by atoms with Gasteiger partial charge in [0.2, 0.25) is 6.10 Å². The quantitative estimate of drug-likeness (QED) is 0.353. The van der Waals surface area contributed by atoms with Crippen molar-refractivity contribution in [1.82, 2.24) is 0 Å². The van der Waals surface area contributed by atoms with Gasteiger partial charge in [0.05, 0.1) is 0 Å². The van der Waals surface area contributed by atoms with Crippen molar-refractivity contribution >= 4 is 12.1 Å². The van der Waals surface area contributed by atoms with Crippen LogP contribution in [0.25, 0.3) is 0 Å². The fourth-order valence-corrected chi connectivity index (χ4v) is 0.748. The molecule has 0 N–H and O–H groups in total. The third-order valence-corrected chi connectivity index (χ3v) is 1.34. The van der Waals surface area contributed by atoms with Gasteiger partial charge in [-0.15, -0.1) is 12.3 Å². The van der Waals surface area contributed by atoms with Crippen molar-refractivity contribution in [2.75, 3.05) is 13.2 Å². The second kappa shape index (κ2) is 4.36. The summed E-state index contributed by atoms with van der Waals surface area (Å²) in [6.07, 6.45) is 3.49. The van der Waals surface area contributed by atoms with Crippen LogP contribution in [0.1, 0.15) is 6.42 Å². The molecule has 0 aliphatic carbocycles. The Balaban J connectivity index is 2.24. The van der Waals surface area contributed by atoms with Gasteiger partial charge in [-0.3, -0.25) is 0 Å². The van der Waals surface area contributed by atoms with E-state index in [0.717, 1.165) is 0 Å². The fourth-order valence-electron chi connectivity index (χ4n) is 0.748. The maximum absolute atomic E-state index is 11.0. The number of hydrogen-bond donors (Lipinski definition) is 0. The van der Waals surface area contributed by atoms with Crippen LogP contribution in [-0.4, -0.2) is 31.4 Å². The van der Waals surface area contributed by atoms with Crippen LogP contribution in [0, 0.1) is 12.3 Å². The maximum atomic E-state index is 11.0. The second-order valence-electron chi connectivity index (χ2n) is 2.29. The Morgan fingerprint density at radius 2 is 2.54 bits per heavy atom. The first kappa shape index (κ1) is 9.39. The van der Waals surface area contributed by atoms with E-state index < -0.39 is 18.2 Å². The third kappa shape index (κ3) is 2.67. The molecule has 1 heterocycles. The van der Waals surface area contributed by atoms with Crippen molar-refractivity contribution in [3.05, 3.63) is 0 Å². The molecule has 13 heavy (non-hydrogen) atoms.